The van der Waals surface area contributed by atoms with E-state index in [0.29, 0.717) is 15.8 Å². The Kier molecular flexibility index (Phi) is 5.30. The van der Waals surface area contributed by atoms with Crippen LogP contribution in [0.2, 0.25) is 10.0 Å². The molecule has 20 heavy (non-hydrogen) atoms. The Hall–Kier alpha value is -1.22. The molecule has 0 aliphatic carbocycles. The predicted molar refractivity (Wildman–Crippen MR) is 85.1 cm³/mol. The van der Waals surface area contributed by atoms with Crippen molar-refractivity contribution in [1.82, 2.24) is 5.32 Å². The first-order chi connectivity index (χ1) is 9.60. The van der Waals surface area contributed by atoms with Crippen LogP contribution >= 0.6 is 23.2 Å². The second-order valence-electron chi connectivity index (χ2n) is 4.55. The Labute approximate surface area is 129 Å². The molecule has 0 spiro atoms. The molecule has 0 unspecified atom stereocenters. The highest BCUT2D eigenvalue weighted by Gasteiger charge is 2.06. The summed E-state index contributed by atoms with van der Waals surface area (Å²) in [4.78, 5) is 0. The molecule has 2 rings (SSSR count). The molecule has 2 aromatic carbocycles. The number of aryl methyl sites for hydroxylation is 1. The van der Waals surface area contributed by atoms with Crippen molar-refractivity contribution in [3.63, 3.8) is 0 Å². The first-order valence-electron chi connectivity index (χ1n) is 6.53. The van der Waals surface area contributed by atoms with Crippen LogP contribution < -0.4 is 10.1 Å². The maximum Gasteiger partial charge on any atom is 0.131 e. The Balaban J connectivity index is 2.17. The van der Waals surface area contributed by atoms with Crippen molar-refractivity contribution in [2.75, 3.05) is 6.54 Å². The first kappa shape index (κ1) is 15.2. The zero-order valence-electron chi connectivity index (χ0n) is 11.5. The summed E-state index contributed by atoms with van der Waals surface area (Å²) in [6, 6.07) is 11.3. The average Bonchev–Trinajstić information content (AvgIpc) is 2.42. The van der Waals surface area contributed by atoms with Crippen LogP contribution in [0.4, 0.5) is 0 Å². The van der Waals surface area contributed by atoms with Crippen LogP contribution in [0.1, 0.15) is 18.1 Å². The number of rotatable bonds is 5. The van der Waals surface area contributed by atoms with E-state index < -0.39 is 0 Å². The molecule has 0 aliphatic rings. The van der Waals surface area contributed by atoms with E-state index >= 15 is 0 Å². The smallest absolute Gasteiger partial charge is 0.131 e. The van der Waals surface area contributed by atoms with E-state index in [9.17, 15) is 0 Å². The fourth-order valence-electron chi connectivity index (χ4n) is 1.81. The Morgan fingerprint density at radius 3 is 2.60 bits per heavy atom. The largest absolute Gasteiger partial charge is 0.457 e. The molecule has 0 bridgehead atoms. The summed E-state index contributed by atoms with van der Waals surface area (Å²) in [5, 5.41) is 4.60. The molecule has 0 fully saturated rings. The van der Waals surface area contributed by atoms with Crippen LogP contribution in [-0.2, 0) is 6.54 Å². The molecule has 2 nitrogen and oxygen atoms in total. The molecular formula is C16H17Cl2NO. The van der Waals surface area contributed by atoms with Gasteiger partial charge in [0.25, 0.3) is 0 Å². The van der Waals surface area contributed by atoms with Gasteiger partial charge in [0, 0.05) is 16.6 Å². The monoisotopic (exact) mass is 309 g/mol. The minimum atomic E-state index is 0.653. The van der Waals surface area contributed by atoms with E-state index in [1.165, 1.54) is 0 Å². The van der Waals surface area contributed by atoms with Gasteiger partial charge in [-0.2, -0.15) is 0 Å². The number of benzene rings is 2. The minimum absolute atomic E-state index is 0.653. The van der Waals surface area contributed by atoms with Crippen LogP contribution in [-0.4, -0.2) is 6.54 Å². The van der Waals surface area contributed by atoms with Gasteiger partial charge in [0.1, 0.15) is 11.5 Å². The van der Waals surface area contributed by atoms with Gasteiger partial charge in [0.05, 0.1) is 0 Å². The Morgan fingerprint density at radius 1 is 1.10 bits per heavy atom. The van der Waals surface area contributed by atoms with E-state index in [1.54, 1.807) is 6.07 Å². The number of hydrogen-bond donors (Lipinski definition) is 1. The lowest BCUT2D eigenvalue weighted by Crippen LogP contribution is -2.11. The van der Waals surface area contributed by atoms with Gasteiger partial charge >= 0.3 is 0 Å². The van der Waals surface area contributed by atoms with E-state index in [0.717, 1.165) is 30.0 Å². The second-order valence-corrected chi connectivity index (χ2v) is 5.39. The van der Waals surface area contributed by atoms with Crippen molar-refractivity contribution < 1.29 is 4.74 Å². The molecule has 2 aromatic rings. The Morgan fingerprint density at radius 2 is 1.90 bits per heavy atom. The lowest BCUT2D eigenvalue weighted by atomic mass is 10.2. The van der Waals surface area contributed by atoms with Gasteiger partial charge in [-0.05, 0) is 48.9 Å². The number of nitrogens with one attached hydrogen (secondary N) is 1. The highest BCUT2D eigenvalue weighted by atomic mass is 35.5. The molecule has 0 radical (unpaired) electrons. The van der Waals surface area contributed by atoms with E-state index in [-0.39, 0.29) is 0 Å². The molecule has 106 valence electrons. The summed E-state index contributed by atoms with van der Waals surface area (Å²) in [5.41, 5.74) is 2.09. The number of hydrogen-bond acceptors (Lipinski definition) is 2. The molecule has 4 heteroatoms. The second kappa shape index (κ2) is 6.98. The van der Waals surface area contributed by atoms with E-state index in [2.05, 4.69) is 12.2 Å². The van der Waals surface area contributed by atoms with Crippen molar-refractivity contribution in [2.45, 2.75) is 20.4 Å². The average molecular weight is 310 g/mol. The highest BCUT2D eigenvalue weighted by Crippen LogP contribution is 2.30. The summed E-state index contributed by atoms with van der Waals surface area (Å²) < 4.78 is 5.84. The standard InChI is InChI=1S/C16H17Cl2NO/c1-3-19-10-12-5-7-14(9-15(12)18)20-16-8-13(17)6-4-11(16)2/h4-9,19H,3,10H2,1-2H3. The van der Waals surface area contributed by atoms with Gasteiger partial charge in [0.2, 0.25) is 0 Å². The molecule has 0 atom stereocenters. The topological polar surface area (TPSA) is 21.3 Å². The number of ether oxygens (including phenoxy) is 1. The van der Waals surface area contributed by atoms with E-state index in [1.807, 2.05) is 37.3 Å². The van der Waals surface area contributed by atoms with Crippen molar-refractivity contribution >= 4 is 23.2 Å². The predicted octanol–water partition coefficient (Wildman–Crippen LogP) is 5.20. The summed E-state index contributed by atoms with van der Waals surface area (Å²) in [5.74, 6) is 1.45. The quantitative estimate of drug-likeness (QED) is 0.819. The van der Waals surface area contributed by atoms with Gasteiger partial charge in [-0.1, -0.05) is 42.3 Å². The third-order valence-electron chi connectivity index (χ3n) is 2.97. The van der Waals surface area contributed by atoms with Crippen molar-refractivity contribution in [3.8, 4) is 11.5 Å². The molecule has 1 N–H and O–H groups in total. The summed E-state index contributed by atoms with van der Waals surface area (Å²) in [6.45, 7) is 5.71. The Bertz CT molecular complexity index is 599. The molecule has 0 amide bonds. The van der Waals surface area contributed by atoms with Crippen LogP contribution in [0.25, 0.3) is 0 Å². The minimum Gasteiger partial charge on any atom is -0.457 e. The molecule has 0 aromatic heterocycles. The van der Waals surface area contributed by atoms with Crippen LogP contribution in [0.5, 0.6) is 11.5 Å². The van der Waals surface area contributed by atoms with Gasteiger partial charge in [-0.15, -0.1) is 0 Å². The van der Waals surface area contributed by atoms with Crippen LogP contribution in [0.3, 0.4) is 0 Å². The molecule has 0 saturated carbocycles. The number of halogens is 2. The highest BCUT2D eigenvalue weighted by molar-refractivity contribution is 6.31. The molecule has 0 heterocycles. The maximum atomic E-state index is 6.26. The summed E-state index contributed by atoms with van der Waals surface area (Å²) >= 11 is 12.2. The molecule has 0 aliphatic heterocycles. The van der Waals surface area contributed by atoms with Crippen LogP contribution in [0, 0.1) is 6.92 Å². The normalized spacial score (nSPS) is 10.6. The third-order valence-corrected chi connectivity index (χ3v) is 3.55. The lowest BCUT2D eigenvalue weighted by Gasteiger charge is -2.11. The van der Waals surface area contributed by atoms with E-state index in [4.69, 9.17) is 27.9 Å². The lowest BCUT2D eigenvalue weighted by molar-refractivity contribution is 0.478. The van der Waals surface area contributed by atoms with Gasteiger partial charge in [0.15, 0.2) is 0 Å². The van der Waals surface area contributed by atoms with Crippen LogP contribution in [0.15, 0.2) is 36.4 Å². The van der Waals surface area contributed by atoms with Gasteiger partial charge in [-0.25, -0.2) is 0 Å². The third kappa shape index (κ3) is 3.89. The molecule has 0 saturated heterocycles. The van der Waals surface area contributed by atoms with Gasteiger partial charge in [-0.3, -0.25) is 0 Å². The fraction of sp³-hybridized carbons (Fsp3) is 0.250. The summed E-state index contributed by atoms with van der Waals surface area (Å²) in [6.07, 6.45) is 0. The fourth-order valence-corrected chi connectivity index (χ4v) is 2.20. The SMILES string of the molecule is CCNCc1ccc(Oc2cc(Cl)ccc2C)cc1Cl. The van der Waals surface area contributed by atoms with Crippen molar-refractivity contribution in [3.05, 3.63) is 57.6 Å². The van der Waals surface area contributed by atoms with Crippen molar-refractivity contribution in [2.24, 2.45) is 0 Å². The summed E-state index contributed by atoms with van der Waals surface area (Å²) in [7, 11) is 0. The zero-order valence-corrected chi connectivity index (χ0v) is 13.1. The van der Waals surface area contributed by atoms with Crippen molar-refractivity contribution in [1.29, 1.82) is 0 Å². The molecular weight excluding hydrogens is 293 g/mol. The zero-order chi connectivity index (χ0) is 14.5. The first-order valence-corrected chi connectivity index (χ1v) is 7.29. The van der Waals surface area contributed by atoms with Gasteiger partial charge < -0.3 is 10.1 Å². The maximum absolute atomic E-state index is 6.26.